The predicted molar refractivity (Wildman–Crippen MR) is 80.1 cm³/mol. The molecule has 0 fully saturated rings. The van der Waals surface area contributed by atoms with Crippen molar-refractivity contribution in [3.8, 4) is 0 Å². The van der Waals surface area contributed by atoms with Crippen molar-refractivity contribution in [1.82, 2.24) is 10.3 Å². The van der Waals surface area contributed by atoms with Crippen molar-refractivity contribution in [1.29, 1.82) is 0 Å². The van der Waals surface area contributed by atoms with Gasteiger partial charge in [0, 0.05) is 11.6 Å². The van der Waals surface area contributed by atoms with Crippen LogP contribution in [0.1, 0.15) is 6.42 Å². The molecule has 0 aliphatic carbocycles. The van der Waals surface area contributed by atoms with Gasteiger partial charge in [0.15, 0.2) is 0 Å². The average Bonchev–Trinajstić information content (AvgIpc) is 2.47. The maximum absolute atomic E-state index is 11.9. The van der Waals surface area contributed by atoms with Gasteiger partial charge < -0.3 is 15.7 Å². The van der Waals surface area contributed by atoms with Gasteiger partial charge in [0.2, 0.25) is 0 Å². The summed E-state index contributed by atoms with van der Waals surface area (Å²) >= 11 is 0. The van der Waals surface area contributed by atoms with Crippen molar-refractivity contribution >= 4 is 28.6 Å². The molecular formula is C15H15N3O3. The Kier molecular flexibility index (Phi) is 4.50. The number of anilines is 1. The number of fused-ring (bicyclic) bond motifs is 1. The number of urea groups is 1. The number of pyridine rings is 1. The van der Waals surface area contributed by atoms with E-state index in [1.54, 1.807) is 24.4 Å². The number of aromatic nitrogens is 1. The molecule has 6 heteroatoms. The zero-order valence-electron chi connectivity index (χ0n) is 11.2. The fraction of sp³-hybridized carbons (Fsp3) is 0.133. The number of para-hydroxylation sites is 1. The summed E-state index contributed by atoms with van der Waals surface area (Å²) in [5.74, 6) is -1.11. The van der Waals surface area contributed by atoms with Crippen molar-refractivity contribution in [3.05, 3.63) is 49.2 Å². The number of carbonyl (C=O) groups is 2. The molecule has 0 spiro atoms. The third-order valence-electron chi connectivity index (χ3n) is 2.89. The van der Waals surface area contributed by atoms with Crippen molar-refractivity contribution in [3.63, 3.8) is 0 Å². The SMILES string of the molecule is C=CCC(NC(=O)Nc1cccc2cccnc12)C(=O)O. The second-order valence-electron chi connectivity index (χ2n) is 4.39. The molecule has 0 aliphatic rings. The molecule has 0 aliphatic heterocycles. The quantitative estimate of drug-likeness (QED) is 0.735. The van der Waals surface area contributed by atoms with Gasteiger partial charge >= 0.3 is 12.0 Å². The molecule has 0 saturated heterocycles. The van der Waals surface area contributed by atoms with Gasteiger partial charge in [-0.15, -0.1) is 6.58 Å². The van der Waals surface area contributed by atoms with E-state index >= 15 is 0 Å². The molecule has 1 aromatic carbocycles. The standard InChI is InChI=1S/C15H15N3O3/c1-2-5-12(14(19)20)18-15(21)17-11-8-3-6-10-7-4-9-16-13(10)11/h2-4,6-9,12H,1,5H2,(H,19,20)(H2,17,18,21). The number of carboxylic acids is 1. The molecular weight excluding hydrogens is 270 g/mol. The van der Waals surface area contributed by atoms with Crippen LogP contribution in [-0.2, 0) is 4.79 Å². The first-order valence-corrected chi connectivity index (χ1v) is 6.37. The van der Waals surface area contributed by atoms with E-state index in [2.05, 4.69) is 22.2 Å². The summed E-state index contributed by atoms with van der Waals surface area (Å²) in [5.41, 5.74) is 1.17. The van der Waals surface area contributed by atoms with Gasteiger partial charge in [0.25, 0.3) is 0 Å². The van der Waals surface area contributed by atoms with Gasteiger partial charge in [0.1, 0.15) is 6.04 Å². The highest BCUT2D eigenvalue weighted by Crippen LogP contribution is 2.20. The molecule has 3 N–H and O–H groups in total. The molecule has 0 radical (unpaired) electrons. The van der Waals surface area contributed by atoms with Crippen LogP contribution < -0.4 is 10.6 Å². The van der Waals surface area contributed by atoms with Gasteiger partial charge in [-0.1, -0.05) is 24.3 Å². The number of hydrogen-bond acceptors (Lipinski definition) is 3. The minimum atomic E-state index is -1.11. The lowest BCUT2D eigenvalue weighted by molar-refractivity contribution is -0.139. The lowest BCUT2D eigenvalue weighted by Crippen LogP contribution is -2.42. The minimum Gasteiger partial charge on any atom is -0.480 e. The van der Waals surface area contributed by atoms with E-state index < -0.39 is 18.0 Å². The Morgan fingerprint density at radius 3 is 2.81 bits per heavy atom. The number of nitrogens with one attached hydrogen (secondary N) is 2. The summed E-state index contributed by atoms with van der Waals surface area (Å²) in [5, 5.41) is 14.9. The topological polar surface area (TPSA) is 91.3 Å². The van der Waals surface area contributed by atoms with Crippen molar-refractivity contribution < 1.29 is 14.7 Å². The fourth-order valence-corrected chi connectivity index (χ4v) is 1.91. The number of carboxylic acid groups (broad SMARTS) is 1. The molecule has 2 amide bonds. The zero-order valence-corrected chi connectivity index (χ0v) is 11.2. The second kappa shape index (κ2) is 6.51. The smallest absolute Gasteiger partial charge is 0.326 e. The van der Waals surface area contributed by atoms with Crippen LogP contribution in [0, 0.1) is 0 Å². The largest absolute Gasteiger partial charge is 0.480 e. The summed E-state index contributed by atoms with van der Waals surface area (Å²) in [6, 6.07) is 7.45. The first kappa shape index (κ1) is 14.5. The van der Waals surface area contributed by atoms with E-state index in [4.69, 9.17) is 5.11 Å². The number of rotatable bonds is 5. The summed E-state index contributed by atoms with van der Waals surface area (Å²) in [7, 11) is 0. The molecule has 21 heavy (non-hydrogen) atoms. The van der Waals surface area contributed by atoms with Crippen molar-refractivity contribution in [2.75, 3.05) is 5.32 Å². The van der Waals surface area contributed by atoms with Crippen LogP contribution in [0.3, 0.4) is 0 Å². The molecule has 0 bridgehead atoms. The number of carbonyl (C=O) groups excluding carboxylic acids is 1. The van der Waals surface area contributed by atoms with E-state index in [0.29, 0.717) is 11.2 Å². The minimum absolute atomic E-state index is 0.149. The summed E-state index contributed by atoms with van der Waals surface area (Å²) in [6.07, 6.45) is 3.22. The van der Waals surface area contributed by atoms with Crippen LogP contribution >= 0.6 is 0 Å². The molecule has 0 saturated carbocycles. The molecule has 2 rings (SSSR count). The number of amides is 2. The summed E-state index contributed by atoms with van der Waals surface area (Å²) in [4.78, 5) is 27.1. The number of aliphatic carboxylic acids is 1. The van der Waals surface area contributed by atoms with Crippen LogP contribution in [0.25, 0.3) is 10.9 Å². The lowest BCUT2D eigenvalue weighted by atomic mass is 10.2. The van der Waals surface area contributed by atoms with Gasteiger partial charge in [-0.25, -0.2) is 9.59 Å². The maximum atomic E-state index is 11.9. The lowest BCUT2D eigenvalue weighted by Gasteiger charge is -2.14. The van der Waals surface area contributed by atoms with Gasteiger partial charge in [-0.2, -0.15) is 0 Å². The molecule has 1 aromatic heterocycles. The van der Waals surface area contributed by atoms with Crippen molar-refractivity contribution in [2.45, 2.75) is 12.5 Å². The van der Waals surface area contributed by atoms with Crippen LogP contribution in [-0.4, -0.2) is 28.1 Å². The van der Waals surface area contributed by atoms with Crippen molar-refractivity contribution in [2.24, 2.45) is 0 Å². The van der Waals surface area contributed by atoms with Gasteiger partial charge in [-0.05, 0) is 18.6 Å². The molecule has 6 nitrogen and oxygen atoms in total. The number of nitrogens with zero attached hydrogens (tertiary/aromatic N) is 1. The highest BCUT2D eigenvalue weighted by Gasteiger charge is 2.18. The molecule has 1 atom stereocenters. The normalized spacial score (nSPS) is 11.6. The Morgan fingerprint density at radius 2 is 2.10 bits per heavy atom. The van der Waals surface area contributed by atoms with Crippen LogP contribution in [0.4, 0.5) is 10.5 Å². The molecule has 1 heterocycles. The summed E-state index contributed by atoms with van der Waals surface area (Å²) in [6.45, 7) is 3.47. The van der Waals surface area contributed by atoms with Crippen LogP contribution in [0.2, 0.25) is 0 Å². The molecule has 2 aromatic rings. The van der Waals surface area contributed by atoms with E-state index in [-0.39, 0.29) is 6.42 Å². The van der Waals surface area contributed by atoms with Gasteiger partial charge in [-0.3, -0.25) is 4.98 Å². The maximum Gasteiger partial charge on any atom is 0.326 e. The second-order valence-corrected chi connectivity index (χ2v) is 4.39. The van der Waals surface area contributed by atoms with Crippen LogP contribution in [0.5, 0.6) is 0 Å². The first-order chi connectivity index (χ1) is 10.1. The van der Waals surface area contributed by atoms with Crippen LogP contribution in [0.15, 0.2) is 49.2 Å². The Hall–Kier alpha value is -2.89. The Bertz CT molecular complexity index is 679. The fourth-order valence-electron chi connectivity index (χ4n) is 1.91. The first-order valence-electron chi connectivity index (χ1n) is 6.37. The Balaban J connectivity index is 2.14. The number of benzene rings is 1. The molecule has 1 unspecified atom stereocenters. The van der Waals surface area contributed by atoms with E-state index in [0.717, 1.165) is 5.39 Å². The third-order valence-corrected chi connectivity index (χ3v) is 2.89. The summed E-state index contributed by atoms with van der Waals surface area (Å²) < 4.78 is 0. The number of hydrogen-bond donors (Lipinski definition) is 3. The van der Waals surface area contributed by atoms with Gasteiger partial charge in [0.05, 0.1) is 11.2 Å². The Labute approximate surface area is 121 Å². The average molecular weight is 285 g/mol. The highest BCUT2D eigenvalue weighted by atomic mass is 16.4. The van der Waals surface area contributed by atoms with E-state index in [1.165, 1.54) is 6.08 Å². The predicted octanol–water partition coefficient (Wildman–Crippen LogP) is 2.39. The van der Waals surface area contributed by atoms with E-state index in [1.807, 2.05) is 12.1 Å². The monoisotopic (exact) mass is 285 g/mol. The molecule has 108 valence electrons. The zero-order chi connectivity index (χ0) is 15.2. The third kappa shape index (κ3) is 3.56. The highest BCUT2D eigenvalue weighted by molar-refractivity contribution is 6.00. The van der Waals surface area contributed by atoms with E-state index in [9.17, 15) is 9.59 Å². The Morgan fingerprint density at radius 1 is 1.33 bits per heavy atom.